The van der Waals surface area contributed by atoms with Gasteiger partial charge in [0.15, 0.2) is 0 Å². The van der Waals surface area contributed by atoms with Crippen molar-refractivity contribution >= 4 is 17.6 Å². The van der Waals surface area contributed by atoms with Gasteiger partial charge in [-0.25, -0.2) is 4.68 Å². The summed E-state index contributed by atoms with van der Waals surface area (Å²) in [4.78, 5) is 26.9. The molecule has 1 aromatic carbocycles. The van der Waals surface area contributed by atoms with E-state index in [1.807, 2.05) is 36.7 Å². The summed E-state index contributed by atoms with van der Waals surface area (Å²) in [7, 11) is 0. The first kappa shape index (κ1) is 18.2. The third-order valence-electron chi connectivity index (χ3n) is 4.83. The molecule has 1 N–H and O–H groups in total. The molecule has 0 bridgehead atoms. The van der Waals surface area contributed by atoms with Crippen LogP contribution in [0.15, 0.2) is 30.3 Å². The maximum Gasteiger partial charge on any atom is 0.243 e. The molecule has 2 aromatic rings. The highest BCUT2D eigenvalue weighted by atomic mass is 16.2. The Bertz CT molecular complexity index is 795. The largest absolute Gasteiger partial charge is 0.350 e. The molecule has 1 aliphatic heterocycles. The minimum Gasteiger partial charge on any atom is -0.350 e. The second kappa shape index (κ2) is 7.72. The van der Waals surface area contributed by atoms with Crippen LogP contribution in [-0.2, 0) is 29.1 Å². The van der Waals surface area contributed by atoms with E-state index in [1.54, 1.807) is 4.90 Å². The Kier molecular flexibility index (Phi) is 5.40. The number of aromatic nitrogens is 2. The first-order chi connectivity index (χ1) is 12.5. The van der Waals surface area contributed by atoms with Gasteiger partial charge in [0, 0.05) is 19.0 Å². The number of nitrogens with zero attached hydrogens (tertiary/aromatic N) is 3. The Balaban J connectivity index is 1.73. The molecule has 0 aliphatic carbocycles. The molecule has 1 aliphatic rings. The number of amides is 2. The fourth-order valence-electron chi connectivity index (χ4n) is 3.36. The summed E-state index contributed by atoms with van der Waals surface area (Å²) in [5.41, 5.74) is 3.18. The van der Waals surface area contributed by atoms with Crippen molar-refractivity contribution in [3.05, 3.63) is 47.2 Å². The number of benzene rings is 1. The lowest BCUT2D eigenvalue weighted by molar-refractivity contribution is -0.127. The van der Waals surface area contributed by atoms with Gasteiger partial charge in [-0.2, -0.15) is 5.10 Å². The smallest absolute Gasteiger partial charge is 0.243 e. The molecule has 3 rings (SSSR count). The van der Waals surface area contributed by atoms with E-state index in [-0.39, 0.29) is 11.8 Å². The van der Waals surface area contributed by atoms with Gasteiger partial charge in [0.25, 0.3) is 0 Å². The number of hydrogen-bond donors (Lipinski definition) is 1. The van der Waals surface area contributed by atoms with Crippen molar-refractivity contribution in [1.82, 2.24) is 15.1 Å². The van der Waals surface area contributed by atoms with Gasteiger partial charge in [0.05, 0.1) is 12.2 Å². The lowest BCUT2D eigenvalue weighted by Gasteiger charge is -2.33. The van der Waals surface area contributed by atoms with Gasteiger partial charge in [0.2, 0.25) is 11.8 Å². The van der Waals surface area contributed by atoms with Crippen LogP contribution in [0.25, 0.3) is 0 Å². The quantitative estimate of drug-likeness (QED) is 0.867. The minimum atomic E-state index is -0.521. The van der Waals surface area contributed by atoms with Crippen molar-refractivity contribution in [2.75, 3.05) is 4.90 Å². The molecule has 6 nitrogen and oxygen atoms in total. The fourth-order valence-corrected chi connectivity index (χ4v) is 3.36. The predicted octanol–water partition coefficient (Wildman–Crippen LogP) is 2.59. The van der Waals surface area contributed by atoms with Crippen LogP contribution in [0.2, 0.25) is 0 Å². The minimum absolute atomic E-state index is 0.0216. The van der Waals surface area contributed by atoms with E-state index in [2.05, 4.69) is 29.5 Å². The maximum absolute atomic E-state index is 12.8. The van der Waals surface area contributed by atoms with E-state index in [9.17, 15) is 9.59 Å². The first-order valence-corrected chi connectivity index (χ1v) is 9.25. The number of carbonyl (C=O) groups is 2. The molecular formula is C20H26N4O2. The van der Waals surface area contributed by atoms with Crippen molar-refractivity contribution in [3.8, 4) is 0 Å². The molecular weight excluding hydrogens is 328 g/mol. The van der Waals surface area contributed by atoms with Crippen molar-refractivity contribution in [2.45, 2.75) is 59.2 Å². The third-order valence-corrected chi connectivity index (χ3v) is 4.83. The molecule has 26 heavy (non-hydrogen) atoms. The van der Waals surface area contributed by atoms with Crippen molar-refractivity contribution < 1.29 is 9.59 Å². The number of rotatable bonds is 6. The zero-order valence-corrected chi connectivity index (χ0v) is 15.7. The van der Waals surface area contributed by atoms with E-state index in [0.29, 0.717) is 31.7 Å². The van der Waals surface area contributed by atoms with Crippen molar-refractivity contribution in [3.63, 3.8) is 0 Å². The fraction of sp³-hybridized carbons (Fsp3) is 0.450. The Morgan fingerprint density at radius 1 is 1.23 bits per heavy atom. The lowest BCUT2D eigenvalue weighted by Crippen LogP contribution is -2.52. The van der Waals surface area contributed by atoms with E-state index in [4.69, 9.17) is 0 Å². The summed E-state index contributed by atoms with van der Waals surface area (Å²) in [6.45, 7) is 6.97. The highest BCUT2D eigenvalue weighted by Gasteiger charge is 2.34. The van der Waals surface area contributed by atoms with Crippen molar-refractivity contribution in [2.24, 2.45) is 0 Å². The number of carbonyl (C=O) groups excluding carboxylic acids is 2. The molecule has 6 heteroatoms. The summed E-state index contributed by atoms with van der Waals surface area (Å²) in [6.07, 6.45) is 1.92. The molecule has 0 saturated heterocycles. The highest BCUT2D eigenvalue weighted by molar-refractivity contribution is 6.00. The summed E-state index contributed by atoms with van der Waals surface area (Å²) in [5.74, 6) is 0.562. The van der Waals surface area contributed by atoms with Gasteiger partial charge in [0.1, 0.15) is 11.9 Å². The third kappa shape index (κ3) is 3.64. The van der Waals surface area contributed by atoms with Crippen LogP contribution < -0.4 is 10.2 Å². The summed E-state index contributed by atoms with van der Waals surface area (Å²) in [5, 5.41) is 7.39. The zero-order valence-electron chi connectivity index (χ0n) is 15.7. The standard InChI is InChI=1S/C20H26N4O2/c1-4-15-6-8-16(9-7-15)13-21-20(26)17(5-2)24-18-12-14(3)22-23(18)11-10-19(24)25/h6-9,12,17H,4-5,10-11,13H2,1-3H3,(H,21,26)/t17-/m1/s1. The van der Waals surface area contributed by atoms with Crippen LogP contribution in [0.4, 0.5) is 5.82 Å². The van der Waals surface area contributed by atoms with Gasteiger partial charge in [-0.05, 0) is 30.9 Å². The average molecular weight is 354 g/mol. The van der Waals surface area contributed by atoms with Crippen LogP contribution in [0, 0.1) is 6.92 Å². The first-order valence-electron chi connectivity index (χ1n) is 9.25. The summed E-state index contributed by atoms with van der Waals surface area (Å²) < 4.78 is 1.82. The van der Waals surface area contributed by atoms with E-state index < -0.39 is 6.04 Å². The van der Waals surface area contributed by atoms with Gasteiger partial charge in [-0.1, -0.05) is 38.1 Å². The second-order valence-electron chi connectivity index (χ2n) is 6.69. The molecule has 2 heterocycles. The normalized spacial score (nSPS) is 14.9. The van der Waals surface area contributed by atoms with Crippen LogP contribution in [0.1, 0.15) is 43.5 Å². The monoisotopic (exact) mass is 354 g/mol. The van der Waals surface area contributed by atoms with Crippen LogP contribution in [0.3, 0.4) is 0 Å². The molecule has 0 radical (unpaired) electrons. The maximum atomic E-state index is 12.8. The van der Waals surface area contributed by atoms with E-state index in [0.717, 1.165) is 17.7 Å². The topological polar surface area (TPSA) is 67.2 Å². The molecule has 0 saturated carbocycles. The Morgan fingerprint density at radius 2 is 1.92 bits per heavy atom. The molecule has 0 unspecified atom stereocenters. The number of nitrogens with one attached hydrogen (secondary N) is 1. The SMILES string of the molecule is CCc1ccc(CNC(=O)[C@@H](CC)N2C(=O)CCn3nc(C)cc32)cc1. The van der Waals surface area contributed by atoms with Crippen molar-refractivity contribution in [1.29, 1.82) is 0 Å². The highest BCUT2D eigenvalue weighted by Crippen LogP contribution is 2.26. The van der Waals surface area contributed by atoms with Crippen LogP contribution >= 0.6 is 0 Å². The lowest BCUT2D eigenvalue weighted by atomic mass is 10.1. The van der Waals surface area contributed by atoms with Crippen LogP contribution in [-0.4, -0.2) is 27.6 Å². The molecule has 0 spiro atoms. The van der Waals surface area contributed by atoms with Gasteiger partial charge in [-0.3, -0.25) is 14.5 Å². The Morgan fingerprint density at radius 3 is 2.58 bits per heavy atom. The second-order valence-corrected chi connectivity index (χ2v) is 6.69. The van der Waals surface area contributed by atoms with Gasteiger partial charge < -0.3 is 5.32 Å². The molecule has 1 aromatic heterocycles. The molecule has 138 valence electrons. The number of fused-ring (bicyclic) bond motifs is 1. The number of anilines is 1. The summed E-state index contributed by atoms with van der Waals surface area (Å²) in [6, 6.07) is 9.57. The van der Waals surface area contributed by atoms with Gasteiger partial charge in [-0.15, -0.1) is 0 Å². The average Bonchev–Trinajstić information content (AvgIpc) is 3.03. The molecule has 2 amide bonds. The predicted molar refractivity (Wildman–Crippen MR) is 101 cm³/mol. The molecule has 1 atom stereocenters. The number of aryl methyl sites for hydroxylation is 3. The van der Waals surface area contributed by atoms with E-state index >= 15 is 0 Å². The number of hydrogen-bond acceptors (Lipinski definition) is 3. The van der Waals surface area contributed by atoms with Gasteiger partial charge >= 0.3 is 0 Å². The Hall–Kier alpha value is -2.63. The Labute approximate surface area is 154 Å². The summed E-state index contributed by atoms with van der Waals surface area (Å²) >= 11 is 0. The van der Waals surface area contributed by atoms with Crippen LogP contribution in [0.5, 0.6) is 0 Å². The van der Waals surface area contributed by atoms with E-state index in [1.165, 1.54) is 5.56 Å². The zero-order chi connectivity index (χ0) is 18.7. The molecule has 0 fully saturated rings.